The lowest BCUT2D eigenvalue weighted by Gasteiger charge is -2.31. The molecule has 0 atom stereocenters. The first-order valence-electron chi connectivity index (χ1n) is 6.01. The SMILES string of the molecule is Nc1cccc2c1CCN(c1ccccc1)C2. The lowest BCUT2D eigenvalue weighted by molar-refractivity contribution is 0.733. The molecule has 0 saturated carbocycles. The third-order valence-electron chi connectivity index (χ3n) is 3.42. The quantitative estimate of drug-likeness (QED) is 0.755. The molecule has 3 rings (SSSR count). The molecule has 0 spiro atoms. The Balaban J connectivity index is 1.91. The smallest absolute Gasteiger partial charge is 0.0433 e. The Morgan fingerprint density at radius 3 is 2.59 bits per heavy atom. The molecule has 1 aliphatic rings. The Bertz CT molecular complexity index is 520. The second kappa shape index (κ2) is 4.13. The maximum atomic E-state index is 6.01. The van der Waals surface area contributed by atoms with Gasteiger partial charge in [-0.05, 0) is 35.7 Å². The Morgan fingerprint density at radius 1 is 0.941 bits per heavy atom. The van der Waals surface area contributed by atoms with E-state index in [9.17, 15) is 0 Å². The number of anilines is 2. The lowest BCUT2D eigenvalue weighted by Crippen LogP contribution is -2.30. The topological polar surface area (TPSA) is 29.3 Å². The number of nitrogen functional groups attached to an aromatic ring is 1. The molecule has 0 aliphatic carbocycles. The molecule has 2 nitrogen and oxygen atoms in total. The summed E-state index contributed by atoms with van der Waals surface area (Å²) in [6, 6.07) is 16.8. The molecule has 17 heavy (non-hydrogen) atoms. The fourth-order valence-electron chi connectivity index (χ4n) is 2.50. The zero-order valence-corrected chi connectivity index (χ0v) is 9.76. The van der Waals surface area contributed by atoms with Gasteiger partial charge in [0.1, 0.15) is 0 Å². The minimum Gasteiger partial charge on any atom is -0.398 e. The van der Waals surface area contributed by atoms with E-state index in [2.05, 4.69) is 41.3 Å². The highest BCUT2D eigenvalue weighted by Crippen LogP contribution is 2.27. The molecule has 86 valence electrons. The van der Waals surface area contributed by atoms with Crippen molar-refractivity contribution >= 4 is 11.4 Å². The largest absolute Gasteiger partial charge is 0.398 e. The van der Waals surface area contributed by atoms with Crippen LogP contribution in [0.15, 0.2) is 48.5 Å². The fourth-order valence-corrected chi connectivity index (χ4v) is 2.50. The molecule has 0 amide bonds. The van der Waals surface area contributed by atoms with Gasteiger partial charge in [-0.25, -0.2) is 0 Å². The number of hydrogen-bond donors (Lipinski definition) is 1. The maximum absolute atomic E-state index is 6.01. The van der Waals surface area contributed by atoms with Crippen LogP contribution >= 0.6 is 0 Å². The predicted octanol–water partition coefficient (Wildman–Crippen LogP) is 2.83. The summed E-state index contributed by atoms with van der Waals surface area (Å²) < 4.78 is 0. The molecule has 2 heteroatoms. The maximum Gasteiger partial charge on any atom is 0.0433 e. The van der Waals surface area contributed by atoms with E-state index in [0.717, 1.165) is 25.2 Å². The summed E-state index contributed by atoms with van der Waals surface area (Å²) in [7, 11) is 0. The van der Waals surface area contributed by atoms with E-state index in [-0.39, 0.29) is 0 Å². The molecule has 2 aromatic carbocycles. The summed E-state index contributed by atoms with van der Waals surface area (Å²) in [5.41, 5.74) is 10.9. The molecule has 2 N–H and O–H groups in total. The van der Waals surface area contributed by atoms with Gasteiger partial charge in [-0.1, -0.05) is 30.3 Å². The van der Waals surface area contributed by atoms with Crippen molar-refractivity contribution in [2.45, 2.75) is 13.0 Å². The summed E-state index contributed by atoms with van der Waals surface area (Å²) in [4.78, 5) is 2.40. The first-order chi connectivity index (χ1) is 8.34. The minimum atomic E-state index is 0.940. The highest BCUT2D eigenvalue weighted by Gasteiger charge is 2.17. The molecular weight excluding hydrogens is 208 g/mol. The van der Waals surface area contributed by atoms with Gasteiger partial charge in [0.15, 0.2) is 0 Å². The molecule has 0 bridgehead atoms. The molecule has 1 aliphatic heterocycles. The minimum absolute atomic E-state index is 0.940. The second-order valence-electron chi connectivity index (χ2n) is 4.49. The van der Waals surface area contributed by atoms with Crippen molar-refractivity contribution in [3.8, 4) is 0 Å². The predicted molar refractivity (Wildman–Crippen MR) is 72.1 cm³/mol. The van der Waals surface area contributed by atoms with E-state index in [4.69, 9.17) is 5.73 Å². The van der Waals surface area contributed by atoms with Gasteiger partial charge in [0.05, 0.1) is 0 Å². The van der Waals surface area contributed by atoms with E-state index in [1.54, 1.807) is 0 Å². The van der Waals surface area contributed by atoms with E-state index >= 15 is 0 Å². The zero-order valence-electron chi connectivity index (χ0n) is 9.76. The van der Waals surface area contributed by atoms with Crippen LogP contribution in [0.5, 0.6) is 0 Å². The van der Waals surface area contributed by atoms with Gasteiger partial charge in [-0.15, -0.1) is 0 Å². The summed E-state index contributed by atoms with van der Waals surface area (Å²) in [5, 5.41) is 0. The van der Waals surface area contributed by atoms with Gasteiger partial charge < -0.3 is 10.6 Å². The van der Waals surface area contributed by atoms with E-state index in [1.165, 1.54) is 16.8 Å². The molecular formula is C15H16N2. The van der Waals surface area contributed by atoms with E-state index in [0.29, 0.717) is 0 Å². The third-order valence-corrected chi connectivity index (χ3v) is 3.42. The van der Waals surface area contributed by atoms with Crippen molar-refractivity contribution in [3.63, 3.8) is 0 Å². The van der Waals surface area contributed by atoms with Crippen LogP contribution in [0.3, 0.4) is 0 Å². The molecule has 0 radical (unpaired) electrons. The molecule has 2 aromatic rings. The summed E-state index contributed by atoms with van der Waals surface area (Å²) in [6.45, 7) is 2.01. The summed E-state index contributed by atoms with van der Waals surface area (Å²) in [6.07, 6.45) is 1.04. The molecule has 0 aromatic heterocycles. The summed E-state index contributed by atoms with van der Waals surface area (Å²) >= 11 is 0. The monoisotopic (exact) mass is 224 g/mol. The molecule has 1 heterocycles. The third kappa shape index (κ3) is 1.86. The van der Waals surface area contributed by atoms with Gasteiger partial charge in [-0.2, -0.15) is 0 Å². The van der Waals surface area contributed by atoms with Crippen LogP contribution in [0.1, 0.15) is 11.1 Å². The van der Waals surface area contributed by atoms with Gasteiger partial charge in [-0.3, -0.25) is 0 Å². The van der Waals surface area contributed by atoms with Crippen LogP contribution in [0.2, 0.25) is 0 Å². The first kappa shape index (κ1) is 10.2. The molecule has 0 saturated heterocycles. The van der Waals surface area contributed by atoms with E-state index in [1.807, 2.05) is 12.1 Å². The van der Waals surface area contributed by atoms with Crippen molar-refractivity contribution in [3.05, 3.63) is 59.7 Å². The van der Waals surface area contributed by atoms with Crippen LogP contribution in [-0.4, -0.2) is 6.54 Å². The van der Waals surface area contributed by atoms with Crippen LogP contribution in [0.25, 0.3) is 0 Å². The van der Waals surface area contributed by atoms with Crippen molar-refractivity contribution in [2.24, 2.45) is 0 Å². The van der Waals surface area contributed by atoms with Gasteiger partial charge in [0, 0.05) is 24.5 Å². The standard InChI is InChI=1S/C15H16N2/c16-15-8-4-5-12-11-17(10-9-14(12)15)13-6-2-1-3-7-13/h1-8H,9-11,16H2. The number of rotatable bonds is 1. The normalized spacial score (nSPS) is 14.5. The number of nitrogens with zero attached hydrogens (tertiary/aromatic N) is 1. The fraction of sp³-hybridized carbons (Fsp3) is 0.200. The van der Waals surface area contributed by atoms with Gasteiger partial charge >= 0.3 is 0 Å². The average Bonchev–Trinajstić information content (AvgIpc) is 2.40. The number of para-hydroxylation sites is 1. The Labute approximate surface area is 102 Å². The average molecular weight is 224 g/mol. The van der Waals surface area contributed by atoms with Crippen LogP contribution in [-0.2, 0) is 13.0 Å². The van der Waals surface area contributed by atoms with Crippen LogP contribution < -0.4 is 10.6 Å². The number of nitrogens with two attached hydrogens (primary N) is 1. The second-order valence-corrected chi connectivity index (χ2v) is 4.49. The van der Waals surface area contributed by atoms with Crippen molar-refractivity contribution in [1.82, 2.24) is 0 Å². The highest BCUT2D eigenvalue weighted by molar-refractivity contribution is 5.56. The Hall–Kier alpha value is -1.96. The van der Waals surface area contributed by atoms with Crippen molar-refractivity contribution in [2.75, 3.05) is 17.2 Å². The van der Waals surface area contributed by atoms with Crippen molar-refractivity contribution < 1.29 is 0 Å². The van der Waals surface area contributed by atoms with Crippen LogP contribution in [0, 0.1) is 0 Å². The van der Waals surface area contributed by atoms with E-state index < -0.39 is 0 Å². The first-order valence-corrected chi connectivity index (χ1v) is 6.01. The highest BCUT2D eigenvalue weighted by atomic mass is 15.1. The number of benzene rings is 2. The Kier molecular flexibility index (Phi) is 2.48. The number of fused-ring (bicyclic) bond motifs is 1. The molecule has 0 fully saturated rings. The van der Waals surface area contributed by atoms with Gasteiger partial charge in [0.25, 0.3) is 0 Å². The Morgan fingerprint density at radius 2 is 1.76 bits per heavy atom. The zero-order chi connectivity index (χ0) is 11.7. The number of hydrogen-bond acceptors (Lipinski definition) is 2. The van der Waals surface area contributed by atoms with Crippen molar-refractivity contribution in [1.29, 1.82) is 0 Å². The molecule has 0 unspecified atom stereocenters. The van der Waals surface area contributed by atoms with Gasteiger partial charge in [0.2, 0.25) is 0 Å². The lowest BCUT2D eigenvalue weighted by atomic mass is 9.97. The summed E-state index contributed by atoms with van der Waals surface area (Å²) in [5.74, 6) is 0. The van der Waals surface area contributed by atoms with Crippen LogP contribution in [0.4, 0.5) is 11.4 Å².